The van der Waals surface area contributed by atoms with Crippen LogP contribution >= 0.6 is 0 Å². The Kier molecular flexibility index (Phi) is 3.74. The van der Waals surface area contributed by atoms with E-state index in [1.165, 1.54) is 19.2 Å². The first-order valence-corrected chi connectivity index (χ1v) is 6.60. The molecule has 2 heterocycles. The quantitative estimate of drug-likeness (QED) is 0.695. The summed E-state index contributed by atoms with van der Waals surface area (Å²) >= 11 is 0. The van der Waals surface area contributed by atoms with E-state index >= 15 is 0 Å². The maximum Gasteiger partial charge on any atom is 0.339 e. The number of fused-ring (bicyclic) bond motifs is 1. The predicted octanol–water partition coefficient (Wildman–Crippen LogP) is 2.84. The maximum absolute atomic E-state index is 13.1. The SMILES string of the molecule is COC(=O)c1ccc2ncc(COc3cccc(F)c3)n2c1. The van der Waals surface area contributed by atoms with Gasteiger partial charge in [-0.25, -0.2) is 14.2 Å². The number of pyridine rings is 1. The summed E-state index contributed by atoms with van der Waals surface area (Å²) in [7, 11) is 1.33. The first kappa shape index (κ1) is 14.1. The average Bonchev–Trinajstić information content (AvgIpc) is 2.94. The molecular weight excluding hydrogens is 287 g/mol. The number of hydrogen-bond donors (Lipinski definition) is 0. The summed E-state index contributed by atoms with van der Waals surface area (Å²) in [6.07, 6.45) is 3.29. The van der Waals surface area contributed by atoms with Crippen LogP contribution in [0.1, 0.15) is 16.1 Å². The van der Waals surface area contributed by atoms with Crippen LogP contribution in [0.15, 0.2) is 48.8 Å². The zero-order valence-electron chi connectivity index (χ0n) is 11.8. The van der Waals surface area contributed by atoms with Gasteiger partial charge in [-0.05, 0) is 24.3 Å². The van der Waals surface area contributed by atoms with Gasteiger partial charge in [-0.15, -0.1) is 0 Å². The van der Waals surface area contributed by atoms with E-state index in [9.17, 15) is 9.18 Å². The third-order valence-electron chi connectivity index (χ3n) is 3.19. The van der Waals surface area contributed by atoms with Gasteiger partial charge >= 0.3 is 5.97 Å². The Hall–Kier alpha value is -2.89. The van der Waals surface area contributed by atoms with E-state index in [2.05, 4.69) is 4.98 Å². The largest absolute Gasteiger partial charge is 0.487 e. The standard InChI is InChI=1S/C16H13FN2O3/c1-21-16(20)11-5-6-15-18-8-13(19(15)9-11)10-22-14-4-2-3-12(17)7-14/h2-9H,10H2,1H3. The lowest BCUT2D eigenvalue weighted by Crippen LogP contribution is -2.05. The molecule has 0 unspecified atom stereocenters. The van der Waals surface area contributed by atoms with Crippen molar-refractivity contribution in [2.24, 2.45) is 0 Å². The highest BCUT2D eigenvalue weighted by molar-refractivity contribution is 5.89. The fourth-order valence-electron chi connectivity index (χ4n) is 2.09. The summed E-state index contributed by atoms with van der Waals surface area (Å²) in [5.74, 6) is -0.352. The van der Waals surface area contributed by atoms with Crippen LogP contribution in [0.2, 0.25) is 0 Å². The molecule has 0 aliphatic heterocycles. The Labute approximate surface area is 125 Å². The van der Waals surface area contributed by atoms with Gasteiger partial charge in [0.1, 0.15) is 23.8 Å². The molecule has 0 spiro atoms. The van der Waals surface area contributed by atoms with Crippen molar-refractivity contribution in [2.75, 3.05) is 7.11 Å². The maximum atomic E-state index is 13.1. The first-order valence-electron chi connectivity index (χ1n) is 6.60. The van der Waals surface area contributed by atoms with Crippen LogP contribution in [0, 0.1) is 5.82 Å². The molecule has 1 aromatic carbocycles. The van der Waals surface area contributed by atoms with Gasteiger partial charge in [0.15, 0.2) is 0 Å². The van der Waals surface area contributed by atoms with E-state index in [0.29, 0.717) is 17.0 Å². The molecule has 0 fully saturated rings. The van der Waals surface area contributed by atoms with Crippen molar-refractivity contribution in [3.63, 3.8) is 0 Å². The fraction of sp³-hybridized carbons (Fsp3) is 0.125. The number of carbonyl (C=O) groups is 1. The van der Waals surface area contributed by atoms with Gasteiger partial charge in [0.05, 0.1) is 24.6 Å². The molecule has 0 aliphatic carbocycles. The zero-order chi connectivity index (χ0) is 15.5. The number of esters is 1. The Balaban J connectivity index is 1.85. The molecule has 112 valence electrons. The highest BCUT2D eigenvalue weighted by atomic mass is 19.1. The molecule has 0 saturated carbocycles. The van der Waals surface area contributed by atoms with Crippen molar-refractivity contribution >= 4 is 11.6 Å². The zero-order valence-corrected chi connectivity index (χ0v) is 11.8. The molecule has 2 aromatic heterocycles. The molecule has 0 bridgehead atoms. The van der Waals surface area contributed by atoms with E-state index in [4.69, 9.17) is 9.47 Å². The minimum Gasteiger partial charge on any atom is -0.487 e. The third-order valence-corrected chi connectivity index (χ3v) is 3.19. The lowest BCUT2D eigenvalue weighted by Gasteiger charge is -2.07. The normalized spacial score (nSPS) is 10.6. The summed E-state index contributed by atoms with van der Waals surface area (Å²) in [6.45, 7) is 0.204. The summed E-state index contributed by atoms with van der Waals surface area (Å²) in [4.78, 5) is 15.8. The van der Waals surface area contributed by atoms with E-state index in [-0.39, 0.29) is 12.4 Å². The summed E-state index contributed by atoms with van der Waals surface area (Å²) < 4.78 is 25.1. The lowest BCUT2D eigenvalue weighted by atomic mass is 10.3. The second kappa shape index (κ2) is 5.85. The Morgan fingerprint density at radius 1 is 1.32 bits per heavy atom. The van der Waals surface area contributed by atoms with E-state index in [1.54, 1.807) is 41.1 Å². The molecule has 0 aliphatic rings. The molecule has 0 saturated heterocycles. The smallest absolute Gasteiger partial charge is 0.339 e. The number of aromatic nitrogens is 2. The van der Waals surface area contributed by atoms with Crippen LogP contribution in [-0.4, -0.2) is 22.5 Å². The van der Waals surface area contributed by atoms with Crippen LogP contribution in [0.5, 0.6) is 5.75 Å². The number of methoxy groups -OCH3 is 1. The first-order chi connectivity index (χ1) is 10.7. The molecule has 5 nitrogen and oxygen atoms in total. The van der Waals surface area contributed by atoms with Gasteiger partial charge in [0, 0.05) is 12.3 Å². The van der Waals surface area contributed by atoms with Gasteiger partial charge < -0.3 is 9.47 Å². The molecule has 3 rings (SSSR count). The highest BCUT2D eigenvalue weighted by Gasteiger charge is 2.10. The van der Waals surface area contributed by atoms with Gasteiger partial charge in [0.25, 0.3) is 0 Å². The Bertz CT molecular complexity index is 829. The van der Waals surface area contributed by atoms with Crippen molar-refractivity contribution in [3.05, 3.63) is 65.9 Å². The second-order valence-electron chi connectivity index (χ2n) is 4.63. The number of nitrogens with zero attached hydrogens (tertiary/aromatic N) is 2. The van der Waals surface area contributed by atoms with Crippen LogP contribution in [0.25, 0.3) is 5.65 Å². The van der Waals surface area contributed by atoms with Crippen molar-refractivity contribution in [3.8, 4) is 5.75 Å². The van der Waals surface area contributed by atoms with Crippen LogP contribution in [0.3, 0.4) is 0 Å². The van der Waals surface area contributed by atoms with Gasteiger partial charge in [-0.3, -0.25) is 4.40 Å². The average molecular weight is 300 g/mol. The number of ether oxygens (including phenoxy) is 2. The number of hydrogen-bond acceptors (Lipinski definition) is 4. The molecule has 0 N–H and O–H groups in total. The molecule has 6 heteroatoms. The second-order valence-corrected chi connectivity index (χ2v) is 4.63. The lowest BCUT2D eigenvalue weighted by molar-refractivity contribution is 0.0600. The molecule has 0 amide bonds. The number of rotatable bonds is 4. The topological polar surface area (TPSA) is 52.8 Å². The molecule has 22 heavy (non-hydrogen) atoms. The van der Waals surface area contributed by atoms with Crippen molar-refractivity contribution in [1.82, 2.24) is 9.38 Å². The van der Waals surface area contributed by atoms with Gasteiger partial charge in [-0.1, -0.05) is 6.07 Å². The highest BCUT2D eigenvalue weighted by Crippen LogP contribution is 2.16. The molecule has 0 radical (unpaired) electrons. The Morgan fingerprint density at radius 2 is 2.18 bits per heavy atom. The number of carbonyl (C=O) groups excluding carboxylic acids is 1. The monoisotopic (exact) mass is 300 g/mol. The van der Waals surface area contributed by atoms with Crippen molar-refractivity contribution in [2.45, 2.75) is 6.61 Å². The summed E-state index contributed by atoms with van der Waals surface area (Å²) in [5.41, 5.74) is 1.84. The summed E-state index contributed by atoms with van der Waals surface area (Å²) in [6, 6.07) is 9.27. The number of imidazole rings is 1. The Morgan fingerprint density at radius 3 is 2.95 bits per heavy atom. The number of benzene rings is 1. The molecule has 3 aromatic rings. The third kappa shape index (κ3) is 2.76. The molecular formula is C16H13FN2O3. The predicted molar refractivity (Wildman–Crippen MR) is 77.3 cm³/mol. The van der Waals surface area contributed by atoms with Gasteiger partial charge in [-0.2, -0.15) is 0 Å². The van der Waals surface area contributed by atoms with E-state index < -0.39 is 5.97 Å². The number of halogens is 1. The molecule has 0 atom stereocenters. The van der Waals surface area contributed by atoms with Gasteiger partial charge in [0.2, 0.25) is 0 Å². The van der Waals surface area contributed by atoms with E-state index in [1.807, 2.05) is 0 Å². The van der Waals surface area contributed by atoms with Crippen LogP contribution in [0.4, 0.5) is 4.39 Å². The van der Waals surface area contributed by atoms with Crippen molar-refractivity contribution in [1.29, 1.82) is 0 Å². The fourth-order valence-corrected chi connectivity index (χ4v) is 2.09. The summed E-state index contributed by atoms with van der Waals surface area (Å²) in [5, 5.41) is 0. The van der Waals surface area contributed by atoms with Crippen molar-refractivity contribution < 1.29 is 18.7 Å². The van der Waals surface area contributed by atoms with Crippen LogP contribution < -0.4 is 4.74 Å². The minimum absolute atomic E-state index is 0.204. The van der Waals surface area contributed by atoms with Crippen LogP contribution in [-0.2, 0) is 11.3 Å². The van der Waals surface area contributed by atoms with E-state index in [0.717, 1.165) is 5.69 Å². The minimum atomic E-state index is -0.424.